The van der Waals surface area contributed by atoms with Gasteiger partial charge >= 0.3 is 11.7 Å². The van der Waals surface area contributed by atoms with Gasteiger partial charge in [0.25, 0.3) is 11.5 Å². The van der Waals surface area contributed by atoms with Crippen molar-refractivity contribution in [3.05, 3.63) is 32.6 Å². The zero-order valence-electron chi connectivity index (χ0n) is 15.2. The van der Waals surface area contributed by atoms with Crippen LogP contribution in [0.25, 0.3) is 0 Å². The summed E-state index contributed by atoms with van der Waals surface area (Å²) in [7, 11) is 2.84. The van der Waals surface area contributed by atoms with Gasteiger partial charge in [0.15, 0.2) is 0 Å². The number of amides is 3. The van der Waals surface area contributed by atoms with Gasteiger partial charge < -0.3 is 15.1 Å². The Morgan fingerprint density at radius 1 is 0.962 bits per heavy atom. The fraction of sp³-hybridized carbons (Fsp3) is 0.647. The van der Waals surface area contributed by atoms with Gasteiger partial charge in [-0.1, -0.05) is 0 Å². The third-order valence-corrected chi connectivity index (χ3v) is 5.24. The standard InChI is InChI=1S/C17H25N5O4/c1-19-13(11-14(23)20(2)16(19)25)15(24)18-12-5-9-22(10-6-12)17(26)21-7-3-4-8-21/h11-12H,3-10H2,1-2H3,(H,18,24). The van der Waals surface area contributed by atoms with Crippen molar-refractivity contribution in [2.75, 3.05) is 26.2 Å². The van der Waals surface area contributed by atoms with Crippen LogP contribution in [-0.2, 0) is 14.1 Å². The smallest absolute Gasteiger partial charge is 0.331 e. The van der Waals surface area contributed by atoms with Gasteiger partial charge in [-0.15, -0.1) is 0 Å². The van der Waals surface area contributed by atoms with E-state index in [1.807, 2.05) is 9.80 Å². The van der Waals surface area contributed by atoms with Crippen molar-refractivity contribution in [1.29, 1.82) is 0 Å². The molecular weight excluding hydrogens is 338 g/mol. The number of hydrogen-bond acceptors (Lipinski definition) is 4. The number of nitrogens with zero attached hydrogens (tertiary/aromatic N) is 4. The third-order valence-electron chi connectivity index (χ3n) is 5.24. The first-order chi connectivity index (χ1) is 12.4. The molecule has 2 saturated heterocycles. The average molecular weight is 363 g/mol. The molecule has 26 heavy (non-hydrogen) atoms. The maximum absolute atomic E-state index is 12.5. The zero-order valence-corrected chi connectivity index (χ0v) is 15.2. The van der Waals surface area contributed by atoms with E-state index in [-0.39, 0.29) is 17.8 Å². The number of hydrogen-bond donors (Lipinski definition) is 1. The van der Waals surface area contributed by atoms with Crippen LogP contribution in [0.2, 0.25) is 0 Å². The lowest BCUT2D eigenvalue weighted by molar-refractivity contribution is 0.0902. The average Bonchev–Trinajstić information content (AvgIpc) is 3.17. The highest BCUT2D eigenvalue weighted by molar-refractivity contribution is 5.92. The molecule has 0 spiro atoms. The van der Waals surface area contributed by atoms with Crippen molar-refractivity contribution in [2.45, 2.75) is 31.7 Å². The number of rotatable bonds is 2. The quantitative estimate of drug-likeness (QED) is 0.766. The van der Waals surface area contributed by atoms with Crippen LogP contribution in [0.1, 0.15) is 36.2 Å². The summed E-state index contributed by atoms with van der Waals surface area (Å²) in [5.41, 5.74) is -0.994. The van der Waals surface area contributed by atoms with Crippen molar-refractivity contribution >= 4 is 11.9 Å². The minimum atomic E-state index is -0.534. The molecule has 2 fully saturated rings. The van der Waals surface area contributed by atoms with E-state index >= 15 is 0 Å². The molecule has 0 saturated carbocycles. The van der Waals surface area contributed by atoms with Crippen molar-refractivity contribution in [3.8, 4) is 0 Å². The first-order valence-electron chi connectivity index (χ1n) is 9.00. The normalized spacial score (nSPS) is 18.2. The largest absolute Gasteiger partial charge is 0.348 e. The topological polar surface area (TPSA) is 96.7 Å². The van der Waals surface area contributed by atoms with E-state index in [1.54, 1.807) is 0 Å². The molecule has 0 bridgehead atoms. The van der Waals surface area contributed by atoms with Crippen LogP contribution in [-0.4, -0.2) is 63.1 Å². The summed E-state index contributed by atoms with van der Waals surface area (Å²) >= 11 is 0. The molecule has 9 nitrogen and oxygen atoms in total. The van der Waals surface area contributed by atoms with Crippen LogP contribution in [0.4, 0.5) is 4.79 Å². The lowest BCUT2D eigenvalue weighted by Crippen LogP contribution is -2.50. The molecule has 2 aliphatic rings. The van der Waals surface area contributed by atoms with E-state index in [0.717, 1.165) is 30.5 Å². The van der Waals surface area contributed by atoms with E-state index in [2.05, 4.69) is 5.32 Å². The maximum atomic E-state index is 12.5. The number of carbonyl (C=O) groups is 2. The van der Waals surface area contributed by atoms with Gasteiger partial charge in [-0.3, -0.25) is 18.7 Å². The Bertz CT molecular complexity index is 813. The predicted octanol–water partition coefficient (Wildman–Crippen LogP) is -0.506. The van der Waals surface area contributed by atoms with Crippen LogP contribution in [0.5, 0.6) is 0 Å². The molecule has 1 aromatic heterocycles. The Morgan fingerprint density at radius 2 is 1.54 bits per heavy atom. The van der Waals surface area contributed by atoms with Crippen LogP contribution in [0.3, 0.4) is 0 Å². The van der Waals surface area contributed by atoms with Gasteiger partial charge in [0.05, 0.1) is 0 Å². The summed E-state index contributed by atoms with van der Waals surface area (Å²) in [6.07, 6.45) is 3.44. The van der Waals surface area contributed by atoms with Gasteiger partial charge in [0.1, 0.15) is 5.69 Å². The van der Waals surface area contributed by atoms with Crippen LogP contribution in [0.15, 0.2) is 15.7 Å². The second-order valence-corrected chi connectivity index (χ2v) is 6.98. The van der Waals surface area contributed by atoms with Gasteiger partial charge in [-0.05, 0) is 25.7 Å². The number of piperidine rings is 1. The number of urea groups is 1. The molecular formula is C17H25N5O4. The Morgan fingerprint density at radius 3 is 2.15 bits per heavy atom. The van der Waals surface area contributed by atoms with Gasteiger partial charge in [-0.2, -0.15) is 0 Å². The second-order valence-electron chi connectivity index (χ2n) is 6.98. The minimum Gasteiger partial charge on any atom is -0.348 e. The number of carbonyl (C=O) groups excluding carboxylic acids is 2. The van der Waals surface area contributed by atoms with Gasteiger partial charge in [-0.25, -0.2) is 9.59 Å². The minimum absolute atomic E-state index is 0.0497. The number of aromatic nitrogens is 2. The summed E-state index contributed by atoms with van der Waals surface area (Å²) in [5.74, 6) is -0.438. The lowest BCUT2D eigenvalue weighted by Gasteiger charge is -2.34. The second kappa shape index (κ2) is 7.35. The van der Waals surface area contributed by atoms with Crippen molar-refractivity contribution < 1.29 is 9.59 Å². The highest BCUT2D eigenvalue weighted by Crippen LogP contribution is 2.16. The molecule has 0 radical (unpaired) electrons. The molecule has 0 aliphatic carbocycles. The first kappa shape index (κ1) is 18.2. The van der Waals surface area contributed by atoms with Crippen LogP contribution >= 0.6 is 0 Å². The molecule has 0 unspecified atom stereocenters. The lowest BCUT2D eigenvalue weighted by atomic mass is 10.1. The van der Waals surface area contributed by atoms with E-state index in [1.165, 1.54) is 24.7 Å². The van der Waals surface area contributed by atoms with Crippen LogP contribution < -0.4 is 16.6 Å². The summed E-state index contributed by atoms with van der Waals surface area (Å²) in [6.45, 7) is 2.84. The van der Waals surface area contributed by atoms with Crippen LogP contribution in [0, 0.1) is 0 Å². The maximum Gasteiger partial charge on any atom is 0.331 e. The Hall–Kier alpha value is -2.58. The monoisotopic (exact) mass is 363 g/mol. The van der Waals surface area contributed by atoms with Gasteiger partial charge in [0.2, 0.25) is 0 Å². The zero-order chi connectivity index (χ0) is 18.8. The number of nitrogens with one attached hydrogen (secondary N) is 1. The Labute approximate surface area is 151 Å². The van der Waals surface area contributed by atoms with Crippen molar-refractivity contribution in [3.63, 3.8) is 0 Å². The molecule has 1 aromatic rings. The molecule has 2 aliphatic heterocycles. The Balaban J connectivity index is 1.59. The number of likely N-dealkylation sites (tertiary alicyclic amines) is 2. The molecule has 1 N–H and O–H groups in total. The fourth-order valence-electron chi connectivity index (χ4n) is 3.53. The van der Waals surface area contributed by atoms with E-state index < -0.39 is 17.2 Å². The highest BCUT2D eigenvalue weighted by atomic mass is 16.2. The fourth-order valence-corrected chi connectivity index (χ4v) is 3.53. The molecule has 3 rings (SSSR count). The van der Waals surface area contributed by atoms with Gasteiger partial charge in [0, 0.05) is 52.4 Å². The molecule has 142 valence electrons. The predicted molar refractivity (Wildman–Crippen MR) is 95.2 cm³/mol. The van der Waals surface area contributed by atoms with E-state index in [9.17, 15) is 19.2 Å². The first-order valence-corrected chi connectivity index (χ1v) is 9.00. The SMILES string of the molecule is Cn1c(C(=O)NC2CCN(C(=O)N3CCCC3)CC2)cc(=O)n(C)c1=O. The van der Waals surface area contributed by atoms with E-state index in [0.29, 0.717) is 25.9 Å². The van der Waals surface area contributed by atoms with E-state index in [4.69, 9.17) is 0 Å². The molecule has 3 heterocycles. The summed E-state index contributed by atoms with van der Waals surface area (Å²) in [5, 5.41) is 2.88. The molecule has 3 amide bonds. The van der Waals surface area contributed by atoms with Crippen molar-refractivity contribution in [2.24, 2.45) is 14.1 Å². The highest BCUT2D eigenvalue weighted by Gasteiger charge is 2.28. The molecule has 9 heteroatoms. The van der Waals surface area contributed by atoms with Crippen molar-refractivity contribution in [1.82, 2.24) is 24.3 Å². The summed E-state index contributed by atoms with van der Waals surface area (Å²) in [6, 6.07) is 1.17. The summed E-state index contributed by atoms with van der Waals surface area (Å²) in [4.78, 5) is 52.3. The summed E-state index contributed by atoms with van der Waals surface area (Å²) < 4.78 is 2.13. The third kappa shape index (κ3) is 3.51. The Kier molecular flexibility index (Phi) is 5.15. The molecule has 0 aromatic carbocycles. The molecule has 0 atom stereocenters.